The normalized spacial score (nSPS) is 14.0. The summed E-state index contributed by atoms with van der Waals surface area (Å²) in [5.41, 5.74) is 12.1. The summed E-state index contributed by atoms with van der Waals surface area (Å²) in [5.74, 6) is -0.429. The first-order chi connectivity index (χ1) is 18.3. The van der Waals surface area contributed by atoms with Gasteiger partial charge < -0.3 is 36.2 Å². The van der Waals surface area contributed by atoms with Gasteiger partial charge in [0.15, 0.2) is 6.23 Å². The van der Waals surface area contributed by atoms with Crippen LogP contribution in [0.3, 0.4) is 0 Å². The molecule has 2 aromatic carbocycles. The minimum Gasteiger partial charge on any atom is -0.399 e. The Bertz CT molecular complexity index is 1260. The summed E-state index contributed by atoms with van der Waals surface area (Å²) in [7, 11) is -3.20. The Morgan fingerprint density at radius 2 is 1.51 bits per heavy atom. The molecule has 1 heterocycles. The zero-order chi connectivity index (χ0) is 29.6. The quantitative estimate of drug-likeness (QED) is 0.144. The van der Waals surface area contributed by atoms with Crippen molar-refractivity contribution < 1.29 is 33.8 Å². The summed E-state index contributed by atoms with van der Waals surface area (Å²) in [6, 6.07) is 17.8. The lowest BCUT2D eigenvalue weighted by atomic mass is 9.90. The van der Waals surface area contributed by atoms with E-state index >= 15 is 0 Å². The molecule has 0 spiro atoms. The summed E-state index contributed by atoms with van der Waals surface area (Å²) in [4.78, 5) is 40.8. The second-order valence-corrected chi connectivity index (χ2v) is 9.90. The van der Waals surface area contributed by atoms with Crippen molar-refractivity contribution in [1.29, 1.82) is 0 Å². The molecule has 0 aliphatic rings. The second-order valence-electron chi connectivity index (χ2n) is 8.55. The van der Waals surface area contributed by atoms with E-state index in [9.17, 15) is 24.4 Å². The summed E-state index contributed by atoms with van der Waals surface area (Å²) >= 11 is 0. The van der Waals surface area contributed by atoms with E-state index in [1.165, 1.54) is 6.20 Å². The number of hydrogen-bond donors (Lipinski definition) is 7. The largest absolute Gasteiger partial charge is 0.469 e. The van der Waals surface area contributed by atoms with E-state index in [1.54, 1.807) is 12.1 Å². The van der Waals surface area contributed by atoms with Crippen LogP contribution in [0.25, 0.3) is 0 Å². The topological polar surface area (TPSA) is 223 Å². The van der Waals surface area contributed by atoms with Gasteiger partial charge in [-0.2, -0.15) is 0 Å². The van der Waals surface area contributed by atoms with E-state index in [4.69, 9.17) is 26.0 Å². The Kier molecular flexibility index (Phi) is 14.4. The number of ether oxygens (including phenoxy) is 1. The number of nitrogens with two attached hydrogens (primary N) is 2. The second kappa shape index (κ2) is 16.6. The fraction of sp³-hybridized carbons (Fsp3) is 0.360. The number of para-hydroxylation sites is 1. The number of H-pyrrole nitrogens is 1. The van der Waals surface area contributed by atoms with Gasteiger partial charge in [-0.15, -0.1) is 0 Å². The SMILES string of the molecule is CC(CO)C(C)C(OCc1ccc(N)cc1)C(O)n1ccc(=O)[nH]c1=O.COP(=O)(O)O.Nc1ccccc1. The van der Waals surface area contributed by atoms with E-state index in [-0.39, 0.29) is 25.0 Å². The van der Waals surface area contributed by atoms with Crippen molar-refractivity contribution in [3.05, 3.63) is 93.3 Å². The lowest BCUT2D eigenvalue weighted by Gasteiger charge is -2.32. The molecule has 216 valence electrons. The van der Waals surface area contributed by atoms with Crippen LogP contribution in [0.4, 0.5) is 11.4 Å². The van der Waals surface area contributed by atoms with Crippen molar-refractivity contribution in [3.8, 4) is 0 Å². The Morgan fingerprint density at radius 3 is 1.95 bits per heavy atom. The van der Waals surface area contributed by atoms with Gasteiger partial charge in [-0.25, -0.2) is 9.36 Å². The molecule has 39 heavy (non-hydrogen) atoms. The van der Waals surface area contributed by atoms with Gasteiger partial charge >= 0.3 is 13.5 Å². The van der Waals surface area contributed by atoms with E-state index in [2.05, 4.69) is 9.51 Å². The van der Waals surface area contributed by atoms with Crippen molar-refractivity contribution in [1.82, 2.24) is 9.55 Å². The summed E-state index contributed by atoms with van der Waals surface area (Å²) in [5, 5.41) is 20.1. The highest BCUT2D eigenvalue weighted by Crippen LogP contribution is 2.33. The number of benzene rings is 2. The molecule has 1 aromatic heterocycles. The van der Waals surface area contributed by atoms with Gasteiger partial charge in [0.25, 0.3) is 5.56 Å². The monoisotopic (exact) mass is 568 g/mol. The first kappa shape index (κ1) is 33.7. The van der Waals surface area contributed by atoms with Crippen LogP contribution in [-0.4, -0.2) is 49.4 Å². The molecule has 0 saturated heterocycles. The maximum absolute atomic E-state index is 12.0. The molecular formula is C25H37N4O9P. The molecule has 0 amide bonds. The molecule has 0 aliphatic carbocycles. The molecule has 0 fully saturated rings. The summed E-state index contributed by atoms with van der Waals surface area (Å²) in [6.07, 6.45) is -0.877. The molecule has 3 rings (SSSR count). The van der Waals surface area contributed by atoms with Gasteiger partial charge in [-0.1, -0.05) is 44.2 Å². The van der Waals surface area contributed by atoms with E-state index in [1.807, 2.05) is 56.3 Å². The number of anilines is 2. The number of nitrogens with zero attached hydrogens (tertiary/aromatic N) is 1. The van der Waals surface area contributed by atoms with E-state index < -0.39 is 31.4 Å². The number of aromatic amines is 1. The zero-order valence-electron chi connectivity index (χ0n) is 22.0. The van der Waals surface area contributed by atoms with Crippen molar-refractivity contribution in [2.75, 3.05) is 25.2 Å². The van der Waals surface area contributed by atoms with Crippen LogP contribution in [0.2, 0.25) is 0 Å². The number of rotatable bonds is 9. The number of aromatic nitrogens is 2. The van der Waals surface area contributed by atoms with E-state index in [0.29, 0.717) is 5.69 Å². The number of hydrogen-bond acceptors (Lipinski definition) is 9. The zero-order valence-corrected chi connectivity index (χ0v) is 22.8. The number of phosphoric ester groups is 1. The van der Waals surface area contributed by atoms with Crippen LogP contribution >= 0.6 is 7.82 Å². The number of aliphatic hydroxyl groups is 2. The molecule has 4 unspecified atom stereocenters. The number of phosphoric acid groups is 1. The number of nitrogen functional groups attached to an aromatic ring is 2. The molecule has 0 aliphatic heterocycles. The molecule has 14 heteroatoms. The van der Waals surface area contributed by atoms with Crippen LogP contribution in [-0.2, 0) is 20.4 Å². The Morgan fingerprint density at radius 1 is 0.974 bits per heavy atom. The standard InChI is InChI=1S/C18H25N3O5.C6H7N.CH5O4P/c1-11(9-22)12(2)16(26-10-13-3-5-14(19)6-4-13)17(24)21-8-7-15(23)20-18(21)25;7-6-4-2-1-3-5-6;1-5-6(2,3)4/h3-8,11-12,16-17,22,24H,9-10,19H2,1-2H3,(H,20,23,25);1-5H,7H2;1H3,(H2,2,3,4). The maximum Gasteiger partial charge on any atom is 0.469 e. The number of aliphatic hydroxyl groups excluding tert-OH is 2. The minimum atomic E-state index is -4.15. The predicted octanol–water partition coefficient (Wildman–Crippen LogP) is 1.45. The van der Waals surface area contributed by atoms with Crippen LogP contribution in [0, 0.1) is 11.8 Å². The average molecular weight is 569 g/mol. The van der Waals surface area contributed by atoms with Gasteiger partial charge in [-0.3, -0.25) is 18.9 Å². The van der Waals surface area contributed by atoms with Crippen LogP contribution < -0.4 is 22.7 Å². The highest BCUT2D eigenvalue weighted by atomic mass is 31.2. The third kappa shape index (κ3) is 12.9. The molecule has 0 radical (unpaired) electrons. The van der Waals surface area contributed by atoms with Crippen LogP contribution in [0.15, 0.2) is 76.4 Å². The van der Waals surface area contributed by atoms with Gasteiger partial charge in [-0.05, 0) is 41.7 Å². The first-order valence-electron chi connectivity index (χ1n) is 11.8. The van der Waals surface area contributed by atoms with Crippen molar-refractivity contribution in [2.24, 2.45) is 11.8 Å². The highest BCUT2D eigenvalue weighted by molar-refractivity contribution is 7.46. The smallest absolute Gasteiger partial charge is 0.399 e. The van der Waals surface area contributed by atoms with Gasteiger partial charge in [0.1, 0.15) is 6.10 Å². The highest BCUT2D eigenvalue weighted by Gasteiger charge is 2.31. The van der Waals surface area contributed by atoms with Crippen LogP contribution in [0.5, 0.6) is 0 Å². The Labute approximate surface area is 225 Å². The molecule has 9 N–H and O–H groups in total. The molecule has 0 saturated carbocycles. The predicted molar refractivity (Wildman–Crippen MR) is 147 cm³/mol. The van der Waals surface area contributed by atoms with Crippen molar-refractivity contribution in [3.63, 3.8) is 0 Å². The third-order valence-corrected chi connectivity index (χ3v) is 6.07. The third-order valence-electron chi connectivity index (χ3n) is 5.59. The van der Waals surface area contributed by atoms with E-state index in [0.717, 1.165) is 29.0 Å². The lowest BCUT2D eigenvalue weighted by molar-refractivity contribution is -0.118. The number of nitrogens with one attached hydrogen (secondary N) is 1. The minimum absolute atomic E-state index is 0.0872. The average Bonchev–Trinajstić information content (AvgIpc) is 2.90. The first-order valence-corrected chi connectivity index (χ1v) is 13.3. The molecular weight excluding hydrogens is 531 g/mol. The fourth-order valence-electron chi connectivity index (χ4n) is 3.05. The fourth-order valence-corrected chi connectivity index (χ4v) is 3.05. The van der Waals surface area contributed by atoms with Crippen molar-refractivity contribution >= 4 is 19.2 Å². The van der Waals surface area contributed by atoms with Gasteiger partial charge in [0, 0.05) is 37.4 Å². The molecule has 0 bridgehead atoms. The van der Waals surface area contributed by atoms with Gasteiger partial charge in [0.2, 0.25) is 0 Å². The van der Waals surface area contributed by atoms with Crippen LogP contribution in [0.1, 0.15) is 25.6 Å². The van der Waals surface area contributed by atoms with Crippen molar-refractivity contribution in [2.45, 2.75) is 32.8 Å². The maximum atomic E-state index is 12.0. The molecule has 13 nitrogen and oxygen atoms in total. The van der Waals surface area contributed by atoms with Gasteiger partial charge in [0.05, 0.1) is 6.61 Å². The molecule has 3 aromatic rings. The lowest BCUT2D eigenvalue weighted by Crippen LogP contribution is -2.41. The summed E-state index contributed by atoms with van der Waals surface area (Å²) < 4.78 is 20.0. The Balaban J connectivity index is 0.000000477. The molecule has 4 atom stereocenters. The summed E-state index contributed by atoms with van der Waals surface area (Å²) in [6.45, 7) is 3.76. The Hall–Kier alpha value is -3.29.